The second-order valence-corrected chi connectivity index (χ2v) is 5.34. The predicted molar refractivity (Wildman–Crippen MR) is 76.3 cm³/mol. The molecule has 1 amide bonds. The van der Waals surface area contributed by atoms with Gasteiger partial charge in [0.25, 0.3) is 0 Å². The molecule has 1 aromatic rings. The minimum atomic E-state index is -2.60. The van der Waals surface area contributed by atoms with Crippen LogP contribution in [0, 0.1) is 5.92 Å². The molecule has 3 N–H and O–H groups in total. The minimum Gasteiger partial charge on any atom is -0.492 e. The van der Waals surface area contributed by atoms with Crippen LogP contribution in [0.15, 0.2) is 24.3 Å². The molecule has 0 heterocycles. The molecule has 0 saturated heterocycles. The lowest BCUT2D eigenvalue weighted by atomic mass is 9.86. The lowest BCUT2D eigenvalue weighted by Crippen LogP contribution is -2.37. The SMILES string of the molecule is Nc1ccc(OCCNC(=O)C2CCC(F)(F)CC2)cc1. The topological polar surface area (TPSA) is 64.3 Å². The number of alkyl halides is 2. The smallest absolute Gasteiger partial charge is 0.248 e. The van der Waals surface area contributed by atoms with Crippen molar-refractivity contribution in [2.45, 2.75) is 31.6 Å². The molecule has 1 aliphatic rings. The van der Waals surface area contributed by atoms with E-state index in [1.165, 1.54) is 0 Å². The van der Waals surface area contributed by atoms with E-state index in [4.69, 9.17) is 10.5 Å². The zero-order valence-corrected chi connectivity index (χ0v) is 11.8. The summed E-state index contributed by atoms with van der Waals surface area (Å²) in [4.78, 5) is 11.8. The van der Waals surface area contributed by atoms with Crippen LogP contribution in [0.25, 0.3) is 0 Å². The number of hydrogen-bond donors (Lipinski definition) is 2. The van der Waals surface area contributed by atoms with Gasteiger partial charge in [0, 0.05) is 24.4 Å². The van der Waals surface area contributed by atoms with Crippen molar-refractivity contribution in [3.63, 3.8) is 0 Å². The first-order valence-corrected chi connectivity index (χ1v) is 7.10. The molecular formula is C15H20F2N2O2. The number of rotatable bonds is 5. The Balaban J connectivity index is 1.64. The van der Waals surface area contributed by atoms with Gasteiger partial charge in [-0.05, 0) is 37.1 Å². The molecule has 2 rings (SSSR count). The van der Waals surface area contributed by atoms with Crippen LogP contribution >= 0.6 is 0 Å². The highest BCUT2D eigenvalue weighted by molar-refractivity contribution is 5.78. The van der Waals surface area contributed by atoms with E-state index in [0.29, 0.717) is 24.6 Å². The minimum absolute atomic E-state index is 0.161. The Labute approximate surface area is 122 Å². The first-order chi connectivity index (χ1) is 9.96. The van der Waals surface area contributed by atoms with Gasteiger partial charge >= 0.3 is 0 Å². The summed E-state index contributed by atoms with van der Waals surface area (Å²) in [6, 6.07) is 6.97. The molecule has 1 aromatic carbocycles. The maximum absolute atomic E-state index is 13.0. The average molecular weight is 298 g/mol. The summed E-state index contributed by atoms with van der Waals surface area (Å²) in [5.74, 6) is -2.39. The number of amides is 1. The standard InChI is InChI=1S/C15H20F2N2O2/c16-15(17)7-5-11(6-8-15)14(20)19-9-10-21-13-3-1-12(18)2-4-13/h1-4,11H,5-10,18H2,(H,19,20). The fraction of sp³-hybridized carbons (Fsp3) is 0.533. The summed E-state index contributed by atoms with van der Waals surface area (Å²) < 4.78 is 31.4. The van der Waals surface area contributed by atoms with E-state index in [1.54, 1.807) is 24.3 Å². The second-order valence-electron chi connectivity index (χ2n) is 5.34. The molecule has 1 fully saturated rings. The van der Waals surface area contributed by atoms with Crippen molar-refractivity contribution in [3.05, 3.63) is 24.3 Å². The van der Waals surface area contributed by atoms with Gasteiger partial charge < -0.3 is 15.8 Å². The first kappa shape index (κ1) is 15.5. The highest BCUT2D eigenvalue weighted by Gasteiger charge is 2.37. The highest BCUT2D eigenvalue weighted by Crippen LogP contribution is 2.36. The van der Waals surface area contributed by atoms with Gasteiger partial charge in [0.2, 0.25) is 11.8 Å². The number of anilines is 1. The van der Waals surface area contributed by atoms with Crippen LogP contribution in [0.5, 0.6) is 5.75 Å². The lowest BCUT2D eigenvalue weighted by molar-refractivity contribution is -0.129. The zero-order chi connectivity index (χ0) is 15.3. The summed E-state index contributed by atoms with van der Waals surface area (Å²) in [5.41, 5.74) is 6.21. The van der Waals surface area contributed by atoms with E-state index in [1.807, 2.05) is 0 Å². The number of nitrogens with two attached hydrogens (primary N) is 1. The molecule has 6 heteroatoms. The molecule has 0 aromatic heterocycles. The molecule has 0 aliphatic heterocycles. The van der Waals surface area contributed by atoms with E-state index in [2.05, 4.69) is 5.32 Å². The van der Waals surface area contributed by atoms with Crippen molar-refractivity contribution in [1.82, 2.24) is 5.32 Å². The number of nitrogens with one attached hydrogen (secondary N) is 1. The van der Waals surface area contributed by atoms with Crippen LogP contribution < -0.4 is 15.8 Å². The Morgan fingerprint density at radius 2 is 1.90 bits per heavy atom. The summed E-state index contributed by atoms with van der Waals surface area (Å²) >= 11 is 0. The zero-order valence-electron chi connectivity index (χ0n) is 11.8. The van der Waals surface area contributed by atoms with Crippen LogP contribution in [0.1, 0.15) is 25.7 Å². The van der Waals surface area contributed by atoms with Gasteiger partial charge in [-0.1, -0.05) is 0 Å². The van der Waals surface area contributed by atoms with Crippen molar-refractivity contribution in [2.75, 3.05) is 18.9 Å². The molecule has 4 nitrogen and oxygen atoms in total. The van der Waals surface area contributed by atoms with Gasteiger partial charge in [-0.25, -0.2) is 8.78 Å². The van der Waals surface area contributed by atoms with Gasteiger partial charge in [-0.15, -0.1) is 0 Å². The summed E-state index contributed by atoms with van der Waals surface area (Å²) in [6.45, 7) is 0.689. The van der Waals surface area contributed by atoms with E-state index < -0.39 is 5.92 Å². The fourth-order valence-electron chi connectivity index (χ4n) is 2.35. The lowest BCUT2D eigenvalue weighted by Gasteiger charge is -2.27. The molecule has 1 aliphatic carbocycles. The van der Waals surface area contributed by atoms with Crippen LogP contribution in [-0.4, -0.2) is 25.0 Å². The molecule has 0 spiro atoms. The van der Waals surface area contributed by atoms with Crippen LogP contribution in [0.4, 0.5) is 14.5 Å². The van der Waals surface area contributed by atoms with Gasteiger partial charge in [0.05, 0.1) is 6.54 Å². The number of carbonyl (C=O) groups is 1. The molecule has 0 bridgehead atoms. The predicted octanol–water partition coefficient (Wildman–Crippen LogP) is 2.59. The number of ether oxygens (including phenoxy) is 1. The molecular weight excluding hydrogens is 278 g/mol. The Hall–Kier alpha value is -1.85. The molecule has 0 atom stereocenters. The van der Waals surface area contributed by atoms with Crippen molar-refractivity contribution >= 4 is 11.6 Å². The monoisotopic (exact) mass is 298 g/mol. The van der Waals surface area contributed by atoms with Crippen LogP contribution in [0.3, 0.4) is 0 Å². The summed E-state index contributed by atoms with van der Waals surface area (Å²) in [5, 5.41) is 2.73. The molecule has 1 saturated carbocycles. The van der Waals surface area contributed by atoms with E-state index in [-0.39, 0.29) is 37.5 Å². The maximum atomic E-state index is 13.0. The van der Waals surface area contributed by atoms with E-state index in [0.717, 1.165) is 0 Å². The molecule has 21 heavy (non-hydrogen) atoms. The van der Waals surface area contributed by atoms with Gasteiger partial charge in [0.1, 0.15) is 12.4 Å². The van der Waals surface area contributed by atoms with E-state index >= 15 is 0 Å². The molecule has 0 unspecified atom stereocenters. The Morgan fingerprint density at radius 1 is 1.29 bits per heavy atom. The third kappa shape index (κ3) is 4.88. The van der Waals surface area contributed by atoms with E-state index in [9.17, 15) is 13.6 Å². The fourth-order valence-corrected chi connectivity index (χ4v) is 2.35. The third-order valence-electron chi connectivity index (χ3n) is 3.64. The van der Waals surface area contributed by atoms with Crippen LogP contribution in [-0.2, 0) is 4.79 Å². The number of hydrogen-bond acceptors (Lipinski definition) is 3. The van der Waals surface area contributed by atoms with Crippen molar-refractivity contribution in [3.8, 4) is 5.75 Å². The Kier molecular flexibility index (Phi) is 4.98. The largest absolute Gasteiger partial charge is 0.492 e. The summed E-state index contributed by atoms with van der Waals surface area (Å²) in [6.07, 6.45) is 0.0926. The number of nitrogen functional groups attached to an aromatic ring is 1. The maximum Gasteiger partial charge on any atom is 0.248 e. The second kappa shape index (κ2) is 6.74. The van der Waals surface area contributed by atoms with Gasteiger partial charge in [-0.2, -0.15) is 0 Å². The normalized spacial score (nSPS) is 18.2. The van der Waals surface area contributed by atoms with Crippen LogP contribution in [0.2, 0.25) is 0 Å². The van der Waals surface area contributed by atoms with Crippen molar-refractivity contribution < 1.29 is 18.3 Å². The Bertz CT molecular complexity index is 467. The average Bonchev–Trinajstić information content (AvgIpc) is 2.45. The quantitative estimate of drug-likeness (QED) is 0.648. The van der Waals surface area contributed by atoms with Gasteiger partial charge in [-0.3, -0.25) is 4.79 Å². The number of benzene rings is 1. The van der Waals surface area contributed by atoms with Crippen molar-refractivity contribution in [1.29, 1.82) is 0 Å². The van der Waals surface area contributed by atoms with Crippen molar-refractivity contribution in [2.24, 2.45) is 5.92 Å². The van der Waals surface area contributed by atoms with Gasteiger partial charge in [0.15, 0.2) is 0 Å². The first-order valence-electron chi connectivity index (χ1n) is 7.10. The number of halogens is 2. The summed E-state index contributed by atoms with van der Waals surface area (Å²) in [7, 11) is 0. The molecule has 116 valence electrons. The Morgan fingerprint density at radius 3 is 2.52 bits per heavy atom. The number of carbonyl (C=O) groups excluding carboxylic acids is 1. The molecule has 0 radical (unpaired) electrons. The third-order valence-corrected chi connectivity index (χ3v) is 3.64. The highest BCUT2D eigenvalue weighted by atomic mass is 19.3.